The average Bonchev–Trinajstić information content (AvgIpc) is 2.35. The molecule has 2 N–H and O–H groups in total. The molecule has 21 heavy (non-hydrogen) atoms. The van der Waals surface area contributed by atoms with Gasteiger partial charge < -0.3 is 10.5 Å². The highest BCUT2D eigenvalue weighted by atomic mass is 16.6. The average molecular weight is 284 g/mol. The summed E-state index contributed by atoms with van der Waals surface area (Å²) in [6.45, 7) is 7.38. The third-order valence-electron chi connectivity index (χ3n) is 2.54. The van der Waals surface area contributed by atoms with Crippen LogP contribution in [0.25, 0.3) is 10.9 Å². The summed E-state index contributed by atoms with van der Waals surface area (Å²) in [5, 5.41) is 1.14. The molecule has 0 aliphatic heterocycles. The van der Waals surface area contributed by atoms with E-state index in [1.54, 1.807) is 20.8 Å². The first-order valence-electron chi connectivity index (χ1n) is 6.85. The minimum atomic E-state index is -0.725. The van der Waals surface area contributed by atoms with Crippen LogP contribution in [-0.4, -0.2) is 24.5 Å². The van der Waals surface area contributed by atoms with Gasteiger partial charge in [0, 0.05) is 11.1 Å². The fraction of sp³-hybridized carbons (Fsp3) is 0.375. The highest BCUT2D eigenvalue weighted by Gasteiger charge is 2.12. The number of hydrogen-bond acceptors (Lipinski definition) is 3. The molecule has 2 rings (SSSR count). The zero-order valence-electron chi connectivity index (χ0n) is 13.0. The number of nitrogens with zero attached hydrogens (tertiary/aromatic N) is 1. The summed E-state index contributed by atoms with van der Waals surface area (Å²) in [7, 11) is 5.68. The number of aryl methyl sites for hydroxylation is 1. The van der Waals surface area contributed by atoms with Gasteiger partial charge in [0.1, 0.15) is 13.4 Å². The van der Waals surface area contributed by atoms with Crippen molar-refractivity contribution in [3.05, 3.63) is 36.0 Å². The van der Waals surface area contributed by atoms with Crippen LogP contribution in [0.1, 0.15) is 33.4 Å². The van der Waals surface area contributed by atoms with Crippen LogP contribution in [0.4, 0.5) is 4.79 Å². The molecule has 2 aromatic rings. The van der Waals surface area contributed by atoms with E-state index in [1.807, 2.05) is 18.2 Å². The van der Waals surface area contributed by atoms with Crippen molar-refractivity contribution in [3.63, 3.8) is 0 Å². The largest absolute Gasteiger partial charge is 0.444 e. The Morgan fingerprint density at radius 3 is 2.38 bits per heavy atom. The van der Waals surface area contributed by atoms with Gasteiger partial charge in [0.05, 0.1) is 5.52 Å². The van der Waals surface area contributed by atoms with E-state index in [0.717, 1.165) is 28.5 Å². The van der Waals surface area contributed by atoms with E-state index in [0.29, 0.717) is 0 Å². The first-order valence-corrected chi connectivity index (χ1v) is 6.85. The van der Waals surface area contributed by atoms with Crippen LogP contribution in [0.3, 0.4) is 0 Å². The van der Waals surface area contributed by atoms with Gasteiger partial charge in [-0.05, 0) is 39.3 Å². The highest BCUT2D eigenvalue weighted by molar-refractivity contribution is 6.33. The van der Waals surface area contributed by atoms with Crippen molar-refractivity contribution in [1.82, 2.24) is 4.98 Å². The number of hydrogen-bond donors (Lipinski definition) is 1. The van der Waals surface area contributed by atoms with Crippen LogP contribution < -0.4 is 11.2 Å². The van der Waals surface area contributed by atoms with Crippen molar-refractivity contribution in [1.29, 1.82) is 0 Å². The molecule has 1 aromatic heterocycles. The van der Waals surface area contributed by atoms with Crippen molar-refractivity contribution < 1.29 is 9.53 Å². The van der Waals surface area contributed by atoms with Crippen molar-refractivity contribution in [3.8, 4) is 0 Å². The second-order valence-electron chi connectivity index (χ2n) is 5.64. The van der Waals surface area contributed by atoms with Crippen molar-refractivity contribution in [2.24, 2.45) is 5.73 Å². The monoisotopic (exact) mass is 284 g/mol. The molecule has 4 nitrogen and oxygen atoms in total. The van der Waals surface area contributed by atoms with Crippen molar-refractivity contribution in [2.45, 2.75) is 39.7 Å². The number of fused-ring (bicyclic) bond motifs is 1. The molecule has 2 radical (unpaired) electrons. The molecule has 0 bridgehead atoms. The zero-order chi connectivity index (χ0) is 16.0. The lowest BCUT2D eigenvalue weighted by Crippen LogP contribution is -2.27. The lowest BCUT2D eigenvalue weighted by molar-refractivity contribution is 0.0600. The van der Waals surface area contributed by atoms with Crippen molar-refractivity contribution in [2.75, 3.05) is 0 Å². The summed E-state index contributed by atoms with van der Waals surface area (Å²) >= 11 is 0. The van der Waals surface area contributed by atoms with E-state index in [2.05, 4.69) is 28.8 Å². The number of primary amides is 1. The van der Waals surface area contributed by atoms with Gasteiger partial charge in [-0.25, -0.2) is 4.79 Å². The summed E-state index contributed by atoms with van der Waals surface area (Å²) in [5.74, 6) is 0. The van der Waals surface area contributed by atoms with Crippen LogP contribution in [-0.2, 0) is 11.2 Å². The number of nitrogens with two attached hydrogens (primary N) is 1. The van der Waals surface area contributed by atoms with Crippen LogP contribution in [0.15, 0.2) is 30.3 Å². The van der Waals surface area contributed by atoms with E-state index >= 15 is 0 Å². The fourth-order valence-corrected chi connectivity index (χ4v) is 1.68. The molecule has 1 aromatic carbocycles. The lowest BCUT2D eigenvalue weighted by atomic mass is 9.95. The Bertz CT molecular complexity index is 621. The number of pyridine rings is 1. The van der Waals surface area contributed by atoms with Gasteiger partial charge in [-0.1, -0.05) is 30.6 Å². The Labute approximate surface area is 127 Å². The minimum Gasteiger partial charge on any atom is -0.444 e. The SMILES string of the molecule is CC(C)(C)OC(N)=O.[B]c1ccc2ccc(CC)nc2c1. The summed E-state index contributed by atoms with van der Waals surface area (Å²) < 4.78 is 4.58. The van der Waals surface area contributed by atoms with Gasteiger partial charge in [-0.3, -0.25) is 4.98 Å². The lowest BCUT2D eigenvalue weighted by Gasteiger charge is -2.16. The topological polar surface area (TPSA) is 65.2 Å². The predicted octanol–water partition coefficient (Wildman–Crippen LogP) is 2.47. The van der Waals surface area contributed by atoms with Gasteiger partial charge in [0.2, 0.25) is 0 Å². The first-order chi connectivity index (χ1) is 9.71. The third-order valence-corrected chi connectivity index (χ3v) is 2.54. The molecule has 0 unspecified atom stereocenters. The smallest absolute Gasteiger partial charge is 0.405 e. The summed E-state index contributed by atoms with van der Waals surface area (Å²) in [6, 6.07) is 9.94. The molecule has 1 amide bonds. The Balaban J connectivity index is 0.000000240. The first kappa shape index (κ1) is 17.0. The van der Waals surface area contributed by atoms with Crippen LogP contribution >= 0.6 is 0 Å². The molecule has 0 aliphatic carbocycles. The third kappa shape index (κ3) is 6.30. The van der Waals surface area contributed by atoms with E-state index in [4.69, 9.17) is 13.6 Å². The van der Waals surface area contributed by atoms with Gasteiger partial charge in [-0.2, -0.15) is 0 Å². The normalized spacial score (nSPS) is 10.7. The maximum atomic E-state index is 10.0. The fourth-order valence-electron chi connectivity index (χ4n) is 1.68. The molecule has 0 aliphatic rings. The number of amides is 1. The van der Waals surface area contributed by atoms with Gasteiger partial charge in [-0.15, -0.1) is 0 Å². The molecule has 110 valence electrons. The molecule has 1 heterocycles. The molecule has 0 saturated carbocycles. The van der Waals surface area contributed by atoms with Crippen LogP contribution in [0, 0.1) is 0 Å². The maximum absolute atomic E-state index is 10.0. The molecule has 0 saturated heterocycles. The Morgan fingerprint density at radius 1 is 1.29 bits per heavy atom. The van der Waals surface area contributed by atoms with E-state index in [-0.39, 0.29) is 0 Å². The zero-order valence-corrected chi connectivity index (χ0v) is 13.0. The van der Waals surface area contributed by atoms with Crippen LogP contribution in [0.5, 0.6) is 0 Å². The summed E-state index contributed by atoms with van der Waals surface area (Å²) in [5.41, 5.74) is 7.13. The molecule has 0 spiro atoms. The number of carbonyl (C=O) groups is 1. The second kappa shape index (κ2) is 7.11. The number of rotatable bonds is 1. The summed E-state index contributed by atoms with van der Waals surface area (Å²) in [6.07, 6.45) is 0.238. The number of aromatic nitrogens is 1. The Morgan fingerprint density at radius 2 is 1.90 bits per heavy atom. The Kier molecular flexibility index (Phi) is 5.76. The minimum absolute atomic E-state index is 0.453. The van der Waals surface area contributed by atoms with E-state index in [1.165, 1.54) is 0 Å². The van der Waals surface area contributed by atoms with Crippen molar-refractivity contribution >= 4 is 30.3 Å². The number of benzene rings is 1. The molecule has 0 atom stereocenters. The maximum Gasteiger partial charge on any atom is 0.405 e. The highest BCUT2D eigenvalue weighted by Crippen LogP contribution is 2.10. The second-order valence-corrected chi connectivity index (χ2v) is 5.64. The molecular formula is C16H21BN2O2. The van der Waals surface area contributed by atoms with E-state index < -0.39 is 11.7 Å². The molecule has 0 fully saturated rings. The Hall–Kier alpha value is -2.04. The predicted molar refractivity (Wildman–Crippen MR) is 86.9 cm³/mol. The van der Waals surface area contributed by atoms with Gasteiger partial charge in [0.15, 0.2) is 0 Å². The standard InChI is InChI=1S/C11H10BN.C5H11NO2/c1-2-10-6-4-8-3-5-9(12)7-11(8)13-10;1-5(2,3)8-4(6)7/h3-7H,2H2,1H3;1-3H3,(H2,6,7). The van der Waals surface area contributed by atoms with E-state index in [9.17, 15) is 4.79 Å². The molecular weight excluding hydrogens is 263 g/mol. The quantitative estimate of drug-likeness (QED) is 0.818. The number of carbonyl (C=O) groups excluding carboxylic acids is 1. The molecule has 5 heteroatoms. The van der Waals surface area contributed by atoms with Crippen LogP contribution in [0.2, 0.25) is 0 Å². The summed E-state index contributed by atoms with van der Waals surface area (Å²) in [4.78, 5) is 14.5. The van der Waals surface area contributed by atoms with Gasteiger partial charge in [0.25, 0.3) is 0 Å². The number of ether oxygens (including phenoxy) is 1. The van der Waals surface area contributed by atoms with Gasteiger partial charge >= 0.3 is 6.09 Å².